The van der Waals surface area contributed by atoms with Crippen LogP contribution in [-0.4, -0.2) is 36.2 Å². The summed E-state index contributed by atoms with van der Waals surface area (Å²) in [6.07, 6.45) is 1.51. The zero-order valence-electron chi connectivity index (χ0n) is 25.5. The number of hydrazone groups is 1. The summed E-state index contributed by atoms with van der Waals surface area (Å²) >= 11 is 7.44. The Morgan fingerprint density at radius 1 is 0.957 bits per heavy atom. The van der Waals surface area contributed by atoms with Crippen molar-refractivity contribution in [2.24, 2.45) is 5.10 Å². The lowest BCUT2D eigenvalue weighted by Crippen LogP contribution is -2.21. The summed E-state index contributed by atoms with van der Waals surface area (Å²) < 4.78 is 11.5. The molecule has 3 N–H and O–H groups in total. The number of aryl methyl sites for hydroxylation is 1. The third-order valence-corrected chi connectivity index (χ3v) is 7.94. The Morgan fingerprint density at radius 3 is 2.50 bits per heavy atom. The van der Waals surface area contributed by atoms with Crippen molar-refractivity contribution in [3.05, 3.63) is 118 Å². The van der Waals surface area contributed by atoms with E-state index < -0.39 is 0 Å². The van der Waals surface area contributed by atoms with Gasteiger partial charge in [-0.25, -0.2) is 10.4 Å². The largest absolute Gasteiger partial charge is 0.490 e. The molecule has 0 atom stereocenters. The number of carbonyl (C=O) groups excluding carboxylic acids is 2. The summed E-state index contributed by atoms with van der Waals surface area (Å²) in [6, 6.07) is 25.5. The second kappa shape index (κ2) is 15.2. The third-order valence-electron chi connectivity index (χ3n) is 6.93. The van der Waals surface area contributed by atoms with Gasteiger partial charge in [0.15, 0.2) is 23.2 Å². The molecule has 234 valence electrons. The molecule has 0 radical (unpaired) electrons. The van der Waals surface area contributed by atoms with Gasteiger partial charge >= 0.3 is 0 Å². The number of halogens is 1. The number of nitrogens with zero attached hydrogens (tertiary/aromatic N) is 2. The number of hydrogen-bond donors (Lipinski definition) is 3. The van der Waals surface area contributed by atoms with Gasteiger partial charge in [0.1, 0.15) is 0 Å². The highest BCUT2D eigenvalue weighted by Gasteiger charge is 2.12. The summed E-state index contributed by atoms with van der Waals surface area (Å²) in [7, 11) is 0. The Balaban J connectivity index is 1.15. The highest BCUT2D eigenvalue weighted by atomic mass is 35.5. The Kier molecular flexibility index (Phi) is 10.6. The van der Waals surface area contributed by atoms with Crippen molar-refractivity contribution in [1.29, 1.82) is 0 Å². The molecular formula is C35H32ClN5O4S. The zero-order valence-corrected chi connectivity index (χ0v) is 27.0. The van der Waals surface area contributed by atoms with Crippen LogP contribution in [0.1, 0.15) is 34.0 Å². The van der Waals surface area contributed by atoms with E-state index in [0.717, 1.165) is 38.9 Å². The first-order valence-electron chi connectivity index (χ1n) is 14.5. The van der Waals surface area contributed by atoms with Crippen LogP contribution in [0.2, 0.25) is 5.02 Å². The minimum atomic E-state index is -0.356. The molecule has 0 aliphatic heterocycles. The first-order valence-corrected chi connectivity index (χ1v) is 15.7. The minimum Gasteiger partial charge on any atom is -0.490 e. The highest BCUT2D eigenvalue weighted by molar-refractivity contribution is 7.14. The Morgan fingerprint density at radius 2 is 1.74 bits per heavy atom. The molecule has 1 aromatic heterocycles. The lowest BCUT2D eigenvalue weighted by Gasteiger charge is -2.14. The molecule has 11 heteroatoms. The van der Waals surface area contributed by atoms with Gasteiger partial charge < -0.3 is 20.1 Å². The van der Waals surface area contributed by atoms with Gasteiger partial charge in [0.05, 0.1) is 18.5 Å². The SMILES string of the molecule is CCOc1cc(/C=N\NC(=O)c2ccc(-c3csc(Nc4ccc(Cl)cc4)n3)cc2)ccc1OCC(=O)Nc1cccc(C)c1C. The molecule has 0 unspecified atom stereocenters. The number of carbonyl (C=O) groups is 2. The second-order valence-corrected chi connectivity index (χ2v) is 11.5. The number of nitrogens with one attached hydrogen (secondary N) is 3. The van der Waals surface area contributed by atoms with Crippen LogP contribution in [-0.2, 0) is 4.79 Å². The summed E-state index contributed by atoms with van der Waals surface area (Å²) in [5.74, 6) is 0.250. The Labute approximate surface area is 276 Å². The van der Waals surface area contributed by atoms with Crippen LogP contribution < -0.4 is 25.5 Å². The molecule has 0 saturated carbocycles. The van der Waals surface area contributed by atoms with E-state index in [-0.39, 0.29) is 18.4 Å². The van der Waals surface area contributed by atoms with Gasteiger partial charge in [0, 0.05) is 32.9 Å². The summed E-state index contributed by atoms with van der Waals surface area (Å²) in [5, 5.41) is 13.6. The van der Waals surface area contributed by atoms with E-state index in [9.17, 15) is 9.59 Å². The van der Waals surface area contributed by atoms with Crippen LogP contribution in [0, 0.1) is 13.8 Å². The molecule has 0 bridgehead atoms. The van der Waals surface area contributed by atoms with Crippen molar-refractivity contribution in [1.82, 2.24) is 10.4 Å². The molecule has 0 aliphatic carbocycles. The number of ether oxygens (including phenoxy) is 2. The molecule has 0 saturated heterocycles. The van der Waals surface area contributed by atoms with E-state index in [2.05, 4.69) is 26.1 Å². The van der Waals surface area contributed by atoms with Crippen LogP contribution in [0.15, 0.2) is 95.4 Å². The van der Waals surface area contributed by atoms with E-state index in [1.54, 1.807) is 30.3 Å². The number of amides is 2. The Bertz CT molecular complexity index is 1860. The normalized spacial score (nSPS) is 10.9. The van der Waals surface area contributed by atoms with Gasteiger partial charge in [-0.15, -0.1) is 11.3 Å². The maximum atomic E-state index is 12.7. The van der Waals surface area contributed by atoms with Crippen LogP contribution in [0.4, 0.5) is 16.5 Å². The minimum absolute atomic E-state index is 0.181. The summed E-state index contributed by atoms with van der Waals surface area (Å²) in [4.78, 5) is 29.9. The van der Waals surface area contributed by atoms with Gasteiger partial charge in [-0.2, -0.15) is 5.10 Å². The first-order chi connectivity index (χ1) is 22.3. The predicted molar refractivity (Wildman–Crippen MR) is 185 cm³/mol. The van der Waals surface area contributed by atoms with Crippen LogP contribution in [0.25, 0.3) is 11.3 Å². The lowest BCUT2D eigenvalue weighted by molar-refractivity contribution is -0.118. The Hall–Kier alpha value is -5.19. The first kappa shape index (κ1) is 32.2. The number of benzene rings is 4. The van der Waals surface area contributed by atoms with E-state index in [1.807, 2.05) is 80.7 Å². The molecule has 2 amide bonds. The van der Waals surface area contributed by atoms with Crippen molar-refractivity contribution in [3.63, 3.8) is 0 Å². The van der Waals surface area contributed by atoms with E-state index >= 15 is 0 Å². The van der Waals surface area contributed by atoms with Crippen LogP contribution >= 0.6 is 22.9 Å². The fourth-order valence-electron chi connectivity index (χ4n) is 4.35. The maximum absolute atomic E-state index is 12.7. The molecular weight excluding hydrogens is 622 g/mol. The van der Waals surface area contributed by atoms with Gasteiger partial charge in [-0.3, -0.25) is 9.59 Å². The van der Waals surface area contributed by atoms with Crippen LogP contribution in [0.3, 0.4) is 0 Å². The highest BCUT2D eigenvalue weighted by Crippen LogP contribution is 2.29. The fourth-order valence-corrected chi connectivity index (χ4v) is 5.22. The van der Waals surface area contributed by atoms with Crippen molar-refractivity contribution < 1.29 is 19.1 Å². The third kappa shape index (κ3) is 8.50. The van der Waals surface area contributed by atoms with Gasteiger partial charge in [-0.05, 0) is 98.1 Å². The zero-order chi connectivity index (χ0) is 32.5. The van der Waals surface area contributed by atoms with E-state index in [4.69, 9.17) is 21.1 Å². The molecule has 0 spiro atoms. The molecule has 9 nitrogen and oxygen atoms in total. The predicted octanol–water partition coefficient (Wildman–Crippen LogP) is 8.00. The summed E-state index contributed by atoms with van der Waals surface area (Å²) in [6.45, 7) is 6.03. The summed E-state index contributed by atoms with van der Waals surface area (Å²) in [5.41, 5.74) is 9.11. The van der Waals surface area contributed by atoms with Gasteiger partial charge in [0.2, 0.25) is 0 Å². The standard InChI is InChI=1S/C35H32ClN5O4S/c1-4-44-32-18-24(8-17-31(32)45-20-33(42)39-29-7-5-6-22(2)23(29)3)19-37-41-34(43)26-11-9-25(10-12-26)30-21-46-35(40-30)38-28-15-13-27(36)14-16-28/h5-19,21H,4,20H2,1-3H3,(H,38,40)(H,39,42)(H,41,43)/b37-19-. The van der Waals surface area contributed by atoms with Crippen molar-refractivity contribution >= 4 is 57.5 Å². The van der Waals surface area contributed by atoms with Crippen molar-refractivity contribution in [3.8, 4) is 22.8 Å². The molecule has 46 heavy (non-hydrogen) atoms. The maximum Gasteiger partial charge on any atom is 0.271 e. The number of rotatable bonds is 12. The molecule has 5 rings (SSSR count). The van der Waals surface area contributed by atoms with Crippen molar-refractivity contribution in [2.45, 2.75) is 20.8 Å². The topological polar surface area (TPSA) is 114 Å². The van der Waals surface area contributed by atoms with Gasteiger partial charge in [-0.1, -0.05) is 35.9 Å². The van der Waals surface area contributed by atoms with Crippen molar-refractivity contribution in [2.75, 3.05) is 23.8 Å². The van der Waals surface area contributed by atoms with E-state index in [1.165, 1.54) is 17.6 Å². The molecule has 5 aromatic rings. The second-order valence-electron chi connectivity index (χ2n) is 10.2. The molecule has 4 aromatic carbocycles. The number of hydrogen-bond acceptors (Lipinski definition) is 8. The number of aromatic nitrogens is 1. The lowest BCUT2D eigenvalue weighted by atomic mass is 10.1. The number of anilines is 3. The average molecular weight is 654 g/mol. The van der Waals surface area contributed by atoms with Crippen LogP contribution in [0.5, 0.6) is 11.5 Å². The molecule has 0 aliphatic rings. The quantitative estimate of drug-likeness (QED) is 0.0929. The molecule has 1 heterocycles. The smallest absolute Gasteiger partial charge is 0.271 e. The molecule has 0 fully saturated rings. The monoisotopic (exact) mass is 653 g/mol. The van der Waals surface area contributed by atoms with E-state index in [0.29, 0.717) is 34.3 Å². The van der Waals surface area contributed by atoms with Gasteiger partial charge in [0.25, 0.3) is 11.8 Å². The fraction of sp³-hybridized carbons (Fsp3) is 0.143. The number of thiazole rings is 1. The average Bonchev–Trinajstić information content (AvgIpc) is 3.52.